The largest absolute Gasteiger partial charge is 0.469 e. The van der Waals surface area contributed by atoms with E-state index >= 15 is 0 Å². The minimum atomic E-state index is -4.46. The number of methoxy groups -OCH3 is 1. The number of rotatable bonds is 4. The van der Waals surface area contributed by atoms with Gasteiger partial charge in [-0.3, -0.25) is 4.79 Å². The Hall–Kier alpha value is -3.87. The molecule has 4 aromatic rings. The molecule has 1 heterocycles. The molecule has 34 heavy (non-hydrogen) atoms. The Kier molecular flexibility index (Phi) is 5.48. The molecule has 0 atom stereocenters. The summed E-state index contributed by atoms with van der Waals surface area (Å²) in [4.78, 5) is 12.1. The van der Waals surface area contributed by atoms with Gasteiger partial charge in [-0.25, -0.2) is 4.68 Å². The van der Waals surface area contributed by atoms with Gasteiger partial charge >= 0.3 is 12.1 Å². The number of alkyl halides is 3. The second-order valence-corrected chi connectivity index (χ2v) is 8.35. The lowest BCUT2D eigenvalue weighted by Crippen LogP contribution is -2.08. The number of carbonyl (C=O) groups is 1. The molecule has 0 bridgehead atoms. The van der Waals surface area contributed by atoms with Crippen molar-refractivity contribution in [1.29, 1.82) is 0 Å². The zero-order valence-corrected chi connectivity index (χ0v) is 18.4. The number of hydrogen-bond acceptors (Lipinski definition) is 3. The van der Waals surface area contributed by atoms with Gasteiger partial charge in [-0.15, -0.1) is 0 Å². The van der Waals surface area contributed by atoms with Crippen LogP contribution in [0.1, 0.15) is 33.4 Å². The van der Waals surface area contributed by atoms with Gasteiger partial charge in [0.05, 0.1) is 30.5 Å². The number of fused-ring (bicyclic) bond motifs is 2. The van der Waals surface area contributed by atoms with E-state index < -0.39 is 17.7 Å². The molecule has 1 aliphatic rings. The Labute approximate surface area is 194 Å². The zero-order chi connectivity index (χ0) is 23.9. The Bertz CT molecular complexity index is 1390. The molecule has 7 heteroatoms. The standard InChI is InChI=1S/C27H21F3N2O2/c1-34-25(33)14-22-16-32(24-8-4-7-23(15-24)27(28,29)30)31-26(22)20-10-9-19-11-17-5-2-3-6-18(17)12-21(19)13-20/h2-10,13,15-16H,11-12,14H2,1H3. The number of carbonyl (C=O) groups excluding carboxylic acids is 1. The highest BCUT2D eigenvalue weighted by Gasteiger charge is 2.30. The molecule has 0 N–H and O–H groups in total. The van der Waals surface area contributed by atoms with Crippen LogP contribution >= 0.6 is 0 Å². The fourth-order valence-corrected chi connectivity index (χ4v) is 4.39. The van der Waals surface area contributed by atoms with E-state index in [-0.39, 0.29) is 12.1 Å². The molecular weight excluding hydrogens is 441 g/mol. The van der Waals surface area contributed by atoms with E-state index in [0.717, 1.165) is 30.5 Å². The fraction of sp³-hybridized carbons (Fsp3) is 0.185. The third-order valence-corrected chi connectivity index (χ3v) is 6.15. The van der Waals surface area contributed by atoms with Gasteiger partial charge in [0.25, 0.3) is 0 Å². The van der Waals surface area contributed by atoms with Crippen molar-refractivity contribution in [3.05, 3.63) is 106 Å². The van der Waals surface area contributed by atoms with Crippen molar-refractivity contribution >= 4 is 5.97 Å². The summed E-state index contributed by atoms with van der Waals surface area (Å²) in [6.45, 7) is 0. The van der Waals surface area contributed by atoms with Crippen molar-refractivity contribution in [2.45, 2.75) is 25.4 Å². The van der Waals surface area contributed by atoms with Crippen molar-refractivity contribution in [3.8, 4) is 16.9 Å². The molecule has 0 fully saturated rings. The van der Waals surface area contributed by atoms with E-state index in [2.05, 4.69) is 29.4 Å². The summed E-state index contributed by atoms with van der Waals surface area (Å²) in [7, 11) is 1.30. The molecule has 0 saturated heterocycles. The van der Waals surface area contributed by atoms with Crippen molar-refractivity contribution < 1.29 is 22.7 Å². The molecule has 4 nitrogen and oxygen atoms in total. The summed E-state index contributed by atoms with van der Waals surface area (Å²) < 4.78 is 45.9. The summed E-state index contributed by atoms with van der Waals surface area (Å²) in [5, 5.41) is 4.60. The van der Waals surface area contributed by atoms with Gasteiger partial charge < -0.3 is 4.74 Å². The summed E-state index contributed by atoms with van der Waals surface area (Å²) in [6.07, 6.45) is -1.27. The molecule has 3 aromatic carbocycles. The first kappa shape index (κ1) is 21.9. The van der Waals surface area contributed by atoms with Gasteiger partial charge in [-0.1, -0.05) is 42.5 Å². The first-order chi connectivity index (χ1) is 16.3. The Morgan fingerprint density at radius 3 is 2.35 bits per heavy atom. The summed E-state index contributed by atoms with van der Waals surface area (Å²) in [6, 6.07) is 19.4. The highest BCUT2D eigenvalue weighted by Crippen LogP contribution is 2.33. The molecule has 1 aromatic heterocycles. The quantitative estimate of drug-likeness (QED) is 0.319. The molecule has 0 spiro atoms. The monoisotopic (exact) mass is 462 g/mol. The summed E-state index contributed by atoms with van der Waals surface area (Å²) in [5.41, 5.74) is 6.43. The average molecular weight is 462 g/mol. The second kappa shape index (κ2) is 8.48. The van der Waals surface area contributed by atoms with E-state index in [4.69, 9.17) is 4.74 Å². The van der Waals surface area contributed by atoms with Crippen molar-refractivity contribution in [3.63, 3.8) is 0 Å². The molecule has 0 aliphatic heterocycles. The normalized spacial score (nSPS) is 12.7. The van der Waals surface area contributed by atoms with E-state index in [1.54, 1.807) is 12.3 Å². The summed E-state index contributed by atoms with van der Waals surface area (Å²) >= 11 is 0. The van der Waals surface area contributed by atoms with Crippen LogP contribution in [0.2, 0.25) is 0 Å². The predicted molar refractivity (Wildman–Crippen MR) is 122 cm³/mol. The van der Waals surface area contributed by atoms with Crippen LogP contribution < -0.4 is 0 Å². The Morgan fingerprint density at radius 2 is 1.65 bits per heavy atom. The van der Waals surface area contributed by atoms with E-state index in [1.165, 1.54) is 40.1 Å². The molecule has 0 unspecified atom stereocenters. The maximum absolute atomic E-state index is 13.2. The molecular formula is C27H21F3N2O2. The van der Waals surface area contributed by atoms with Gasteiger partial charge in [0.1, 0.15) is 0 Å². The Morgan fingerprint density at radius 1 is 0.941 bits per heavy atom. The molecule has 0 radical (unpaired) electrons. The molecule has 0 saturated carbocycles. The number of ether oxygens (including phenoxy) is 1. The predicted octanol–water partition coefficient (Wildman–Crippen LogP) is 5.77. The first-order valence-electron chi connectivity index (χ1n) is 10.8. The summed E-state index contributed by atoms with van der Waals surface area (Å²) in [5.74, 6) is -0.447. The highest BCUT2D eigenvalue weighted by atomic mass is 19.4. The van der Waals surface area contributed by atoms with Crippen molar-refractivity contribution in [2.75, 3.05) is 7.11 Å². The fourth-order valence-electron chi connectivity index (χ4n) is 4.39. The van der Waals surface area contributed by atoms with E-state index in [1.807, 2.05) is 18.2 Å². The van der Waals surface area contributed by atoms with Gasteiger partial charge in [-0.05, 0) is 59.4 Å². The number of hydrogen-bond donors (Lipinski definition) is 0. The lowest BCUT2D eigenvalue weighted by atomic mass is 9.85. The van der Waals surface area contributed by atoms with Crippen LogP contribution in [0.4, 0.5) is 13.2 Å². The third kappa shape index (κ3) is 4.21. The maximum atomic E-state index is 13.2. The van der Waals surface area contributed by atoms with Gasteiger partial charge in [0, 0.05) is 17.3 Å². The van der Waals surface area contributed by atoms with Crippen LogP contribution in [-0.4, -0.2) is 22.9 Å². The van der Waals surface area contributed by atoms with Crippen molar-refractivity contribution in [2.24, 2.45) is 0 Å². The number of nitrogens with zero attached hydrogens (tertiary/aromatic N) is 2. The first-order valence-corrected chi connectivity index (χ1v) is 10.8. The van der Waals surface area contributed by atoms with Crippen LogP contribution in [0, 0.1) is 0 Å². The SMILES string of the molecule is COC(=O)Cc1cn(-c2cccc(C(F)(F)F)c2)nc1-c1ccc2c(c1)Cc1ccccc1C2. The number of aromatic nitrogens is 2. The molecule has 5 rings (SSSR count). The minimum absolute atomic E-state index is 0.0370. The third-order valence-electron chi connectivity index (χ3n) is 6.15. The molecule has 1 aliphatic carbocycles. The van der Waals surface area contributed by atoms with Gasteiger partial charge in [0.15, 0.2) is 0 Å². The Balaban J connectivity index is 1.57. The highest BCUT2D eigenvalue weighted by molar-refractivity contribution is 5.77. The topological polar surface area (TPSA) is 44.1 Å². The zero-order valence-electron chi connectivity index (χ0n) is 18.4. The van der Waals surface area contributed by atoms with E-state index in [9.17, 15) is 18.0 Å². The lowest BCUT2D eigenvalue weighted by Gasteiger charge is -2.20. The average Bonchev–Trinajstić information content (AvgIpc) is 3.25. The van der Waals surface area contributed by atoms with Crippen LogP contribution in [0.15, 0.2) is 72.9 Å². The maximum Gasteiger partial charge on any atom is 0.416 e. The smallest absolute Gasteiger partial charge is 0.416 e. The van der Waals surface area contributed by atoms with Crippen LogP contribution in [0.3, 0.4) is 0 Å². The number of halogens is 3. The van der Waals surface area contributed by atoms with Crippen LogP contribution in [-0.2, 0) is 35.0 Å². The second-order valence-electron chi connectivity index (χ2n) is 8.35. The number of benzene rings is 3. The van der Waals surface area contributed by atoms with Gasteiger partial charge in [0.2, 0.25) is 0 Å². The molecule has 0 amide bonds. The minimum Gasteiger partial charge on any atom is -0.469 e. The lowest BCUT2D eigenvalue weighted by molar-refractivity contribution is -0.140. The van der Waals surface area contributed by atoms with Crippen LogP contribution in [0.5, 0.6) is 0 Å². The van der Waals surface area contributed by atoms with E-state index in [0.29, 0.717) is 11.3 Å². The number of esters is 1. The van der Waals surface area contributed by atoms with Crippen molar-refractivity contribution in [1.82, 2.24) is 9.78 Å². The van der Waals surface area contributed by atoms with Crippen LogP contribution in [0.25, 0.3) is 16.9 Å². The van der Waals surface area contributed by atoms with Gasteiger partial charge in [-0.2, -0.15) is 18.3 Å². The molecule has 172 valence electrons.